The Balaban J connectivity index is 1.83. The molecule has 2 unspecified atom stereocenters. The Morgan fingerprint density at radius 1 is 1.32 bits per heavy atom. The zero-order valence-corrected chi connectivity index (χ0v) is 12.0. The fourth-order valence-electron chi connectivity index (χ4n) is 2.36. The van der Waals surface area contributed by atoms with Gasteiger partial charge in [-0.1, -0.05) is 17.4 Å². The molecule has 1 aromatic carbocycles. The number of hydrogen-bond donors (Lipinski definition) is 1. The number of carbonyl (C=O) groups excluding carboxylic acids is 2. The molecule has 2 heterocycles. The fourth-order valence-corrected chi connectivity index (χ4v) is 2.36. The van der Waals surface area contributed by atoms with Crippen molar-refractivity contribution >= 4 is 18.2 Å². The maximum atomic E-state index is 12.0. The van der Waals surface area contributed by atoms with E-state index in [-0.39, 0.29) is 5.75 Å². The lowest BCUT2D eigenvalue weighted by Crippen LogP contribution is -2.63. The van der Waals surface area contributed by atoms with E-state index in [9.17, 15) is 14.7 Å². The van der Waals surface area contributed by atoms with Crippen LogP contribution in [0.5, 0.6) is 5.75 Å². The number of urea groups is 1. The molecule has 2 aliphatic heterocycles. The van der Waals surface area contributed by atoms with Crippen LogP contribution in [-0.4, -0.2) is 64.5 Å². The highest BCUT2D eigenvalue weighted by Crippen LogP contribution is 2.27. The van der Waals surface area contributed by atoms with Crippen molar-refractivity contribution in [2.24, 2.45) is 15.4 Å². The lowest BCUT2D eigenvalue weighted by atomic mass is 10.1. The molecule has 114 valence electrons. The molecule has 22 heavy (non-hydrogen) atoms. The van der Waals surface area contributed by atoms with Crippen molar-refractivity contribution in [3.8, 4) is 5.75 Å². The minimum atomic E-state index is -0.783. The molecule has 0 aromatic heterocycles. The van der Waals surface area contributed by atoms with E-state index in [1.54, 1.807) is 25.2 Å². The second-order valence-electron chi connectivity index (χ2n) is 5.01. The van der Waals surface area contributed by atoms with Crippen LogP contribution in [-0.2, 0) is 4.79 Å². The van der Waals surface area contributed by atoms with Gasteiger partial charge in [-0.15, -0.1) is 5.12 Å². The molecule has 1 aromatic rings. The van der Waals surface area contributed by atoms with Gasteiger partial charge in [0.2, 0.25) is 0 Å². The summed E-state index contributed by atoms with van der Waals surface area (Å²) in [7, 11) is 2.97. The molecule has 1 saturated heterocycles. The number of hydrazone groups is 1. The summed E-state index contributed by atoms with van der Waals surface area (Å²) in [5.74, 6) is -0.293. The maximum Gasteiger partial charge on any atom is 0.328 e. The number of phenolic OH excluding ortho intramolecular Hbond substituents is 1. The van der Waals surface area contributed by atoms with Gasteiger partial charge >= 0.3 is 6.03 Å². The maximum absolute atomic E-state index is 12.0. The molecular formula is C13H14N6O3. The minimum Gasteiger partial charge on any atom is -0.508 e. The van der Waals surface area contributed by atoms with Gasteiger partial charge in [0.15, 0.2) is 12.2 Å². The highest BCUT2D eigenvalue weighted by atomic mass is 16.3. The van der Waals surface area contributed by atoms with Crippen LogP contribution >= 0.6 is 0 Å². The molecule has 3 rings (SSSR count). The van der Waals surface area contributed by atoms with E-state index >= 15 is 0 Å². The normalized spacial score (nSPS) is 24.5. The van der Waals surface area contributed by atoms with Crippen LogP contribution in [0.2, 0.25) is 0 Å². The smallest absolute Gasteiger partial charge is 0.328 e. The Hall–Kier alpha value is -2.97. The Morgan fingerprint density at radius 3 is 2.82 bits per heavy atom. The van der Waals surface area contributed by atoms with Crippen LogP contribution < -0.4 is 0 Å². The SMILES string of the molecule is CN1C(=O)C2N=NN(N=Cc3cccc(O)c3)C2N(C)C1=O. The van der Waals surface area contributed by atoms with E-state index in [0.29, 0.717) is 5.56 Å². The van der Waals surface area contributed by atoms with E-state index in [1.807, 2.05) is 0 Å². The third kappa shape index (κ3) is 2.16. The average Bonchev–Trinajstić information content (AvgIpc) is 2.93. The average molecular weight is 302 g/mol. The number of benzene rings is 1. The predicted molar refractivity (Wildman–Crippen MR) is 75.9 cm³/mol. The first-order chi connectivity index (χ1) is 10.5. The van der Waals surface area contributed by atoms with Gasteiger partial charge in [0.05, 0.1) is 6.21 Å². The number of fused-ring (bicyclic) bond motifs is 1. The molecule has 0 bridgehead atoms. The van der Waals surface area contributed by atoms with E-state index in [4.69, 9.17) is 0 Å². The molecule has 2 atom stereocenters. The van der Waals surface area contributed by atoms with Gasteiger partial charge in [-0.3, -0.25) is 9.69 Å². The minimum absolute atomic E-state index is 0.117. The van der Waals surface area contributed by atoms with Gasteiger partial charge in [-0.25, -0.2) is 4.79 Å². The van der Waals surface area contributed by atoms with Crippen molar-refractivity contribution in [3.63, 3.8) is 0 Å². The third-order valence-electron chi connectivity index (χ3n) is 3.55. The number of imide groups is 1. The number of rotatable bonds is 2. The fraction of sp³-hybridized carbons (Fsp3) is 0.308. The van der Waals surface area contributed by atoms with Gasteiger partial charge in [0, 0.05) is 14.1 Å². The van der Waals surface area contributed by atoms with Gasteiger partial charge in [-0.2, -0.15) is 10.2 Å². The number of nitrogens with zero attached hydrogens (tertiary/aromatic N) is 6. The molecule has 9 nitrogen and oxygen atoms in total. The highest BCUT2D eigenvalue weighted by Gasteiger charge is 2.50. The van der Waals surface area contributed by atoms with E-state index in [2.05, 4.69) is 15.4 Å². The molecule has 3 amide bonds. The van der Waals surface area contributed by atoms with E-state index in [1.165, 1.54) is 29.3 Å². The summed E-state index contributed by atoms with van der Waals surface area (Å²) in [5.41, 5.74) is 0.659. The van der Waals surface area contributed by atoms with Crippen LogP contribution in [0.4, 0.5) is 4.79 Å². The van der Waals surface area contributed by atoms with Crippen molar-refractivity contribution in [2.75, 3.05) is 14.1 Å². The van der Waals surface area contributed by atoms with Crippen molar-refractivity contribution in [1.29, 1.82) is 0 Å². The van der Waals surface area contributed by atoms with Gasteiger partial charge in [0.1, 0.15) is 5.75 Å². The molecule has 2 aliphatic rings. The van der Waals surface area contributed by atoms with Crippen molar-refractivity contribution in [2.45, 2.75) is 12.2 Å². The van der Waals surface area contributed by atoms with Crippen molar-refractivity contribution in [1.82, 2.24) is 14.9 Å². The first kappa shape index (κ1) is 14.0. The number of phenols is 1. The lowest BCUT2D eigenvalue weighted by Gasteiger charge is -2.37. The largest absolute Gasteiger partial charge is 0.508 e. The van der Waals surface area contributed by atoms with Crippen molar-refractivity contribution in [3.05, 3.63) is 29.8 Å². The first-order valence-corrected chi connectivity index (χ1v) is 6.56. The number of aromatic hydroxyl groups is 1. The molecule has 9 heteroatoms. The van der Waals surface area contributed by atoms with Crippen LogP contribution in [0, 0.1) is 0 Å². The van der Waals surface area contributed by atoms with Crippen molar-refractivity contribution < 1.29 is 14.7 Å². The van der Waals surface area contributed by atoms with Gasteiger partial charge < -0.3 is 10.0 Å². The Kier molecular flexibility index (Phi) is 3.24. The summed E-state index contributed by atoms with van der Waals surface area (Å²) >= 11 is 0. The summed E-state index contributed by atoms with van der Waals surface area (Å²) in [6, 6.07) is 5.29. The Labute approximate surface area is 126 Å². The number of carbonyl (C=O) groups is 2. The standard InChI is InChI=1S/C13H14N6O3/c1-17-11-10(12(21)18(2)13(17)22)15-16-19(11)14-7-8-4-3-5-9(20)6-8/h3-7,10-11,20H,1-2H3. The third-order valence-corrected chi connectivity index (χ3v) is 3.55. The molecule has 0 spiro atoms. The summed E-state index contributed by atoms with van der Waals surface area (Å²) < 4.78 is 0. The van der Waals surface area contributed by atoms with Crippen LogP contribution in [0.15, 0.2) is 39.7 Å². The quantitative estimate of drug-likeness (QED) is 0.809. The zero-order chi connectivity index (χ0) is 15.9. The summed E-state index contributed by atoms with van der Waals surface area (Å²) in [5, 5.41) is 22.5. The predicted octanol–water partition coefficient (Wildman–Crippen LogP) is 0.627. The zero-order valence-electron chi connectivity index (χ0n) is 12.0. The van der Waals surface area contributed by atoms with E-state index in [0.717, 1.165) is 4.90 Å². The molecule has 0 aliphatic carbocycles. The molecule has 0 radical (unpaired) electrons. The number of hydrogen-bond acceptors (Lipinski definition) is 7. The number of amides is 3. The highest BCUT2D eigenvalue weighted by molar-refractivity contribution is 6.00. The van der Waals surface area contributed by atoms with Crippen LogP contribution in [0.3, 0.4) is 0 Å². The summed E-state index contributed by atoms with van der Waals surface area (Å²) in [4.78, 5) is 26.4. The topological polar surface area (TPSA) is 101 Å². The van der Waals surface area contributed by atoms with Gasteiger partial charge in [0.25, 0.3) is 5.91 Å². The molecular weight excluding hydrogens is 288 g/mol. The lowest BCUT2D eigenvalue weighted by molar-refractivity contribution is -0.134. The molecule has 0 saturated carbocycles. The second-order valence-corrected chi connectivity index (χ2v) is 5.01. The molecule has 1 fully saturated rings. The first-order valence-electron chi connectivity index (χ1n) is 6.56. The Bertz CT molecular complexity index is 688. The van der Waals surface area contributed by atoms with Crippen LogP contribution in [0.25, 0.3) is 0 Å². The van der Waals surface area contributed by atoms with Crippen LogP contribution in [0.1, 0.15) is 5.56 Å². The van der Waals surface area contributed by atoms with Gasteiger partial charge in [-0.05, 0) is 17.7 Å². The summed E-state index contributed by atoms with van der Waals surface area (Å²) in [6.07, 6.45) is 0.798. The second kappa shape index (κ2) is 5.10. The van der Waals surface area contributed by atoms with E-state index < -0.39 is 24.1 Å². The monoisotopic (exact) mass is 302 g/mol. The molecule has 1 N–H and O–H groups in total. The Morgan fingerprint density at radius 2 is 2.09 bits per heavy atom. The number of likely N-dealkylation sites (N-methyl/N-ethyl adjacent to an activating group) is 2. The summed E-state index contributed by atoms with van der Waals surface area (Å²) in [6.45, 7) is 0.